The molecule has 3 atom stereocenters. The Morgan fingerprint density at radius 2 is 1.31 bits per heavy atom. The van der Waals surface area contributed by atoms with Gasteiger partial charge in [-0.3, -0.25) is 29.2 Å². The smallest absolute Gasteiger partial charge is 0.322 e. The van der Waals surface area contributed by atoms with Gasteiger partial charge in [-0.25, -0.2) is 0 Å². The Morgan fingerprint density at radius 1 is 0.800 bits per heavy atom. The van der Waals surface area contributed by atoms with E-state index in [-0.39, 0.29) is 37.2 Å². The molecule has 0 heterocycles. The number of carboxylic acids is 1. The Balaban J connectivity index is 5.25. The molecule has 14 N–H and O–H groups in total. The van der Waals surface area contributed by atoms with Crippen molar-refractivity contribution in [2.24, 2.45) is 44.6 Å². The zero-order valence-electron chi connectivity index (χ0n) is 20.3. The summed E-state index contributed by atoms with van der Waals surface area (Å²) in [5.41, 5.74) is 27.0. The van der Waals surface area contributed by atoms with E-state index in [0.717, 1.165) is 0 Å². The van der Waals surface area contributed by atoms with Gasteiger partial charge in [0.05, 0.1) is 6.04 Å². The van der Waals surface area contributed by atoms with Crippen LogP contribution in [0.4, 0.5) is 0 Å². The first-order valence-electron chi connectivity index (χ1n) is 11.3. The summed E-state index contributed by atoms with van der Waals surface area (Å²) in [6, 6.07) is -2.91. The van der Waals surface area contributed by atoms with Crippen molar-refractivity contribution in [2.45, 2.75) is 64.1 Å². The third-order valence-corrected chi connectivity index (χ3v) is 4.64. The highest BCUT2D eigenvalue weighted by Gasteiger charge is 2.28. The molecule has 0 saturated heterocycles. The average Bonchev–Trinajstić information content (AvgIpc) is 2.75. The summed E-state index contributed by atoms with van der Waals surface area (Å²) in [6.45, 7) is 3.65. The van der Waals surface area contributed by atoms with Crippen LogP contribution in [0, 0.1) is 5.92 Å². The van der Waals surface area contributed by atoms with Gasteiger partial charge in [0.15, 0.2) is 11.9 Å². The van der Waals surface area contributed by atoms with E-state index in [9.17, 15) is 19.2 Å². The molecule has 0 aliphatic rings. The molecule has 0 aromatic heterocycles. The van der Waals surface area contributed by atoms with Crippen LogP contribution >= 0.6 is 0 Å². The molecule has 3 amide bonds. The minimum absolute atomic E-state index is 0.0327. The predicted molar refractivity (Wildman–Crippen MR) is 132 cm³/mol. The van der Waals surface area contributed by atoms with Crippen molar-refractivity contribution in [3.63, 3.8) is 0 Å². The molecule has 15 heteroatoms. The highest BCUT2D eigenvalue weighted by molar-refractivity contribution is 5.93. The number of nitrogens with two attached hydrogens (primary N) is 5. The number of rotatable bonds is 17. The molecule has 0 spiro atoms. The van der Waals surface area contributed by atoms with Crippen molar-refractivity contribution >= 4 is 35.6 Å². The van der Waals surface area contributed by atoms with Crippen LogP contribution in [0.15, 0.2) is 9.98 Å². The number of guanidine groups is 2. The summed E-state index contributed by atoms with van der Waals surface area (Å²) in [7, 11) is 0. The van der Waals surface area contributed by atoms with Crippen molar-refractivity contribution in [3.05, 3.63) is 0 Å². The second-order valence-corrected chi connectivity index (χ2v) is 8.37. The second kappa shape index (κ2) is 16.9. The molecular weight excluding hydrogens is 460 g/mol. The van der Waals surface area contributed by atoms with Crippen LogP contribution in [-0.2, 0) is 19.2 Å². The van der Waals surface area contributed by atoms with Gasteiger partial charge in [-0.15, -0.1) is 0 Å². The molecule has 0 saturated carbocycles. The van der Waals surface area contributed by atoms with Gasteiger partial charge in [-0.2, -0.15) is 0 Å². The van der Waals surface area contributed by atoms with Crippen molar-refractivity contribution in [1.29, 1.82) is 0 Å². The quantitative estimate of drug-likeness (QED) is 0.0543. The largest absolute Gasteiger partial charge is 0.480 e. The number of amides is 3. The topological polar surface area (TPSA) is 279 Å². The molecule has 200 valence electrons. The number of aliphatic imine (C=N–C) groups is 2. The minimum atomic E-state index is -1.23. The summed E-state index contributed by atoms with van der Waals surface area (Å²) in [5, 5.41) is 16.3. The number of carboxylic acid groups (broad SMARTS) is 1. The van der Waals surface area contributed by atoms with E-state index in [2.05, 4.69) is 25.9 Å². The van der Waals surface area contributed by atoms with Gasteiger partial charge in [0.2, 0.25) is 17.7 Å². The first-order chi connectivity index (χ1) is 16.3. The van der Waals surface area contributed by atoms with Crippen molar-refractivity contribution in [3.8, 4) is 0 Å². The Kier molecular flexibility index (Phi) is 15.2. The van der Waals surface area contributed by atoms with Crippen LogP contribution in [0.25, 0.3) is 0 Å². The maximum Gasteiger partial charge on any atom is 0.322 e. The Morgan fingerprint density at radius 3 is 1.80 bits per heavy atom. The van der Waals surface area contributed by atoms with Gasteiger partial charge in [-0.05, 0) is 38.0 Å². The molecule has 3 unspecified atom stereocenters. The number of aliphatic carboxylic acids is 1. The normalized spacial score (nSPS) is 13.1. The van der Waals surface area contributed by atoms with E-state index in [1.807, 2.05) is 13.8 Å². The van der Waals surface area contributed by atoms with E-state index in [1.165, 1.54) is 0 Å². The van der Waals surface area contributed by atoms with Gasteiger partial charge < -0.3 is 49.7 Å². The highest BCUT2D eigenvalue weighted by atomic mass is 16.4. The molecule has 0 aromatic rings. The second-order valence-electron chi connectivity index (χ2n) is 8.37. The van der Waals surface area contributed by atoms with E-state index in [1.54, 1.807) is 0 Å². The summed E-state index contributed by atoms with van der Waals surface area (Å²) in [6.07, 6.45) is 1.53. The fraction of sp³-hybridized carbons (Fsp3) is 0.700. The number of hydrogen-bond acceptors (Lipinski definition) is 7. The molecule has 0 bridgehead atoms. The lowest BCUT2D eigenvalue weighted by Crippen LogP contribution is -2.56. The summed E-state index contributed by atoms with van der Waals surface area (Å²) in [5.74, 6) is -3.19. The van der Waals surface area contributed by atoms with Gasteiger partial charge in [0.25, 0.3) is 0 Å². The fourth-order valence-electron chi connectivity index (χ4n) is 2.96. The number of carbonyl (C=O) groups excluding carboxylic acids is 3. The van der Waals surface area contributed by atoms with Gasteiger partial charge in [-0.1, -0.05) is 13.8 Å². The first-order valence-corrected chi connectivity index (χ1v) is 11.3. The van der Waals surface area contributed by atoms with Crippen molar-refractivity contribution < 1.29 is 24.3 Å². The number of nitrogens with one attached hydrogen (secondary N) is 3. The average molecular weight is 501 g/mol. The van der Waals surface area contributed by atoms with E-state index >= 15 is 0 Å². The van der Waals surface area contributed by atoms with E-state index in [0.29, 0.717) is 25.8 Å². The zero-order valence-corrected chi connectivity index (χ0v) is 20.3. The molecule has 0 aliphatic heterocycles. The van der Waals surface area contributed by atoms with Crippen LogP contribution in [0.5, 0.6) is 0 Å². The Labute approximate surface area is 204 Å². The molecule has 0 radical (unpaired) electrons. The maximum absolute atomic E-state index is 13.0. The lowest BCUT2D eigenvalue weighted by molar-refractivity contribution is -0.138. The molecule has 15 nitrogen and oxygen atoms in total. The fourth-order valence-corrected chi connectivity index (χ4v) is 2.96. The lowest BCUT2D eigenvalue weighted by Gasteiger charge is -2.25. The van der Waals surface area contributed by atoms with Crippen LogP contribution in [0.2, 0.25) is 0 Å². The van der Waals surface area contributed by atoms with Crippen molar-refractivity contribution in [2.75, 3.05) is 19.6 Å². The molecule has 0 aromatic carbocycles. The van der Waals surface area contributed by atoms with Gasteiger partial charge in [0.1, 0.15) is 18.6 Å². The van der Waals surface area contributed by atoms with Crippen LogP contribution in [0.3, 0.4) is 0 Å². The summed E-state index contributed by atoms with van der Waals surface area (Å²) in [4.78, 5) is 56.5. The van der Waals surface area contributed by atoms with E-state index in [4.69, 9.17) is 33.8 Å². The van der Waals surface area contributed by atoms with Gasteiger partial charge >= 0.3 is 5.97 Å². The Bertz CT molecular complexity index is 763. The maximum atomic E-state index is 13.0. The summed E-state index contributed by atoms with van der Waals surface area (Å²) < 4.78 is 0. The zero-order chi connectivity index (χ0) is 27.0. The summed E-state index contributed by atoms with van der Waals surface area (Å²) >= 11 is 0. The molecule has 0 rings (SSSR count). The molecule has 35 heavy (non-hydrogen) atoms. The molecule has 0 fully saturated rings. The van der Waals surface area contributed by atoms with Crippen LogP contribution < -0.4 is 44.6 Å². The number of nitrogens with zero attached hydrogens (tertiary/aromatic N) is 2. The molecular formula is C20H40N10O5. The predicted octanol–water partition coefficient (Wildman–Crippen LogP) is -3.36. The number of hydrogen-bond donors (Lipinski definition) is 9. The lowest BCUT2D eigenvalue weighted by atomic mass is 10.0. The SMILES string of the molecule is CC(C)CC(NC(=O)C(N)CCCN=C(N)N)C(=O)NC(CCCN=C(N)N)C(=O)NCC(=O)O. The number of carbonyl (C=O) groups is 4. The standard InChI is InChI=1S/C20H40N10O5/c1-11(2)9-14(30-16(33)12(21)5-3-7-26-19(22)23)18(35)29-13(6-4-8-27-20(24)25)17(34)28-10-15(31)32/h11-14H,3-10,21H2,1-2H3,(H,28,34)(H,29,35)(H,30,33)(H,31,32)(H4,22,23,26)(H4,24,25,27). The monoisotopic (exact) mass is 500 g/mol. The third kappa shape index (κ3) is 15.8. The van der Waals surface area contributed by atoms with Gasteiger partial charge in [0, 0.05) is 13.1 Å². The first kappa shape index (κ1) is 31.4. The van der Waals surface area contributed by atoms with Crippen LogP contribution in [-0.4, -0.2) is 78.5 Å². The highest BCUT2D eigenvalue weighted by Crippen LogP contribution is 2.08. The Hall–Kier alpha value is -3.62. The molecule has 0 aliphatic carbocycles. The third-order valence-electron chi connectivity index (χ3n) is 4.64. The van der Waals surface area contributed by atoms with Crippen molar-refractivity contribution in [1.82, 2.24) is 16.0 Å². The minimum Gasteiger partial charge on any atom is -0.480 e. The van der Waals surface area contributed by atoms with Crippen LogP contribution in [0.1, 0.15) is 46.0 Å². The van der Waals surface area contributed by atoms with E-state index < -0.39 is 48.4 Å².